The molecular weight excluding hydrogens is 529 g/mol. The molecule has 0 fully saturated rings. The van der Waals surface area contributed by atoms with Crippen molar-refractivity contribution in [1.29, 1.82) is 0 Å². The van der Waals surface area contributed by atoms with Crippen molar-refractivity contribution in [3.63, 3.8) is 0 Å². The molecule has 38 heavy (non-hydrogen) atoms. The van der Waals surface area contributed by atoms with Gasteiger partial charge in [-0.05, 0) is 29.8 Å². The minimum atomic E-state index is -4.91. The number of aromatic nitrogens is 3. The van der Waals surface area contributed by atoms with E-state index < -0.39 is 52.7 Å². The highest BCUT2D eigenvalue weighted by Crippen LogP contribution is 2.31. The first-order chi connectivity index (χ1) is 17.7. The average Bonchev–Trinajstić information content (AvgIpc) is 3.18. The lowest BCUT2D eigenvalue weighted by Gasteiger charge is -2.18. The van der Waals surface area contributed by atoms with Gasteiger partial charge in [0.05, 0.1) is 17.8 Å². The van der Waals surface area contributed by atoms with E-state index in [-0.39, 0.29) is 48.6 Å². The smallest absolute Gasteiger partial charge is 0.349 e. The van der Waals surface area contributed by atoms with Crippen molar-refractivity contribution in [2.45, 2.75) is 32.0 Å². The number of imidazole rings is 1. The number of carbonyl (C=O) groups excluding carboxylic acids is 3. The van der Waals surface area contributed by atoms with E-state index in [1.54, 1.807) is 0 Å². The van der Waals surface area contributed by atoms with Crippen LogP contribution in [0.3, 0.4) is 0 Å². The van der Waals surface area contributed by atoms with Gasteiger partial charge in [-0.3, -0.25) is 19.4 Å². The lowest BCUT2D eigenvalue weighted by atomic mass is 10.1. The first-order valence-corrected chi connectivity index (χ1v) is 10.6. The lowest BCUT2D eigenvalue weighted by molar-refractivity contribution is -0.141. The number of anilines is 1. The second-order valence-corrected chi connectivity index (χ2v) is 8.01. The topological polar surface area (TPSA) is 118 Å². The van der Waals surface area contributed by atoms with E-state index >= 15 is 0 Å². The van der Waals surface area contributed by atoms with Gasteiger partial charge in [-0.15, -0.1) is 0 Å². The van der Waals surface area contributed by atoms with E-state index in [0.717, 1.165) is 22.9 Å². The molecule has 4 rings (SSSR count). The van der Waals surface area contributed by atoms with E-state index in [2.05, 4.69) is 25.9 Å². The summed E-state index contributed by atoms with van der Waals surface area (Å²) in [6.07, 6.45) is -8.64. The third kappa shape index (κ3) is 5.73. The lowest BCUT2D eigenvalue weighted by Crippen LogP contribution is -2.37. The molecule has 0 unspecified atom stereocenters. The van der Waals surface area contributed by atoms with Gasteiger partial charge in [-0.25, -0.2) is 9.37 Å². The van der Waals surface area contributed by atoms with Crippen molar-refractivity contribution in [3.8, 4) is 0 Å². The number of halogens is 7. The minimum absolute atomic E-state index is 0.131. The quantitative estimate of drug-likeness (QED) is 0.427. The first kappa shape index (κ1) is 26.6. The normalized spacial score (nSPS) is 13.5. The Morgan fingerprint density at radius 2 is 1.76 bits per heavy atom. The van der Waals surface area contributed by atoms with Gasteiger partial charge in [0.2, 0.25) is 11.7 Å². The maximum Gasteiger partial charge on any atom is 0.433 e. The van der Waals surface area contributed by atoms with Crippen LogP contribution in [-0.2, 0) is 36.8 Å². The van der Waals surface area contributed by atoms with Gasteiger partial charge in [-0.1, -0.05) is 6.07 Å². The van der Waals surface area contributed by atoms with E-state index in [9.17, 15) is 45.1 Å². The Morgan fingerprint density at radius 1 is 1.03 bits per heavy atom. The highest BCUT2D eigenvalue weighted by molar-refractivity contribution is 6.05. The SMILES string of the molecule is O=C1Cn2c(C(=O)NCc3ccc(C(F)(F)F)nc3)nc(NC(=O)c3cc(F)cc(C(F)(F)F)c3)c2CN1. The number of hydrogen-bond donors (Lipinski definition) is 3. The molecule has 0 saturated carbocycles. The highest BCUT2D eigenvalue weighted by Gasteiger charge is 2.33. The number of nitrogens with zero attached hydrogens (tertiary/aromatic N) is 3. The number of fused-ring (bicyclic) bond motifs is 1. The third-order valence-corrected chi connectivity index (χ3v) is 5.32. The molecule has 9 nitrogen and oxygen atoms in total. The number of rotatable bonds is 5. The Labute approximate surface area is 208 Å². The van der Waals surface area contributed by atoms with Crippen LogP contribution in [0.25, 0.3) is 0 Å². The number of hydrogen-bond acceptors (Lipinski definition) is 5. The summed E-state index contributed by atoms with van der Waals surface area (Å²) in [5.74, 6) is -4.47. The van der Waals surface area contributed by atoms with E-state index in [1.165, 1.54) is 0 Å². The molecule has 0 aliphatic carbocycles. The van der Waals surface area contributed by atoms with Gasteiger partial charge >= 0.3 is 12.4 Å². The fraction of sp³-hybridized carbons (Fsp3) is 0.227. The molecule has 1 aromatic carbocycles. The summed E-state index contributed by atoms with van der Waals surface area (Å²) in [4.78, 5) is 44.5. The van der Waals surface area contributed by atoms with Gasteiger partial charge in [0.15, 0.2) is 5.82 Å². The number of carbonyl (C=O) groups is 3. The summed E-state index contributed by atoms with van der Waals surface area (Å²) < 4.78 is 91.9. The summed E-state index contributed by atoms with van der Waals surface area (Å²) in [7, 11) is 0. The monoisotopic (exact) mass is 544 g/mol. The van der Waals surface area contributed by atoms with Crippen LogP contribution in [0.4, 0.5) is 36.6 Å². The molecule has 1 aliphatic heterocycles. The fourth-order valence-corrected chi connectivity index (χ4v) is 3.51. The van der Waals surface area contributed by atoms with Crippen LogP contribution in [0, 0.1) is 5.82 Å². The number of benzene rings is 1. The zero-order valence-corrected chi connectivity index (χ0v) is 18.8. The molecule has 0 saturated heterocycles. The van der Waals surface area contributed by atoms with Crippen LogP contribution in [-0.4, -0.2) is 32.3 Å². The van der Waals surface area contributed by atoms with Crippen LogP contribution >= 0.6 is 0 Å². The van der Waals surface area contributed by atoms with E-state index in [4.69, 9.17) is 0 Å². The molecule has 200 valence electrons. The average molecular weight is 544 g/mol. The molecule has 1 aliphatic rings. The van der Waals surface area contributed by atoms with Crippen molar-refractivity contribution < 1.29 is 45.1 Å². The van der Waals surface area contributed by atoms with E-state index in [1.807, 2.05) is 0 Å². The Balaban J connectivity index is 1.56. The summed E-state index contributed by atoms with van der Waals surface area (Å²) in [5.41, 5.74) is -2.83. The maximum atomic E-state index is 13.7. The van der Waals surface area contributed by atoms with Crippen LogP contribution in [0.5, 0.6) is 0 Å². The molecule has 3 amide bonds. The molecule has 3 heterocycles. The standard InChI is InChI=1S/C22H15F7N6O3/c23-13-4-11(3-12(5-13)21(24,25)26)19(37)34-17-14-8-31-16(36)9-35(14)18(33-17)20(38)32-7-10-1-2-15(30-6-10)22(27,28)29/h1-6H,7-9H2,(H,31,36)(H,32,38)(H,34,37). The molecular formula is C22H15F7N6O3. The zero-order chi connectivity index (χ0) is 27.8. The first-order valence-electron chi connectivity index (χ1n) is 10.6. The largest absolute Gasteiger partial charge is 0.433 e. The predicted octanol–water partition coefficient (Wildman–Crippen LogP) is 3.27. The fourth-order valence-electron chi connectivity index (χ4n) is 3.51. The Hall–Kier alpha value is -4.50. The van der Waals surface area contributed by atoms with Crippen molar-refractivity contribution in [3.05, 3.63) is 76.2 Å². The summed E-state index contributed by atoms with van der Waals surface area (Å²) in [6, 6.07) is 3.08. The van der Waals surface area contributed by atoms with Crippen molar-refractivity contribution in [2.75, 3.05) is 5.32 Å². The van der Waals surface area contributed by atoms with Crippen LogP contribution < -0.4 is 16.0 Å². The number of amides is 3. The molecule has 0 radical (unpaired) electrons. The van der Waals surface area contributed by atoms with Crippen LogP contribution in [0.15, 0.2) is 36.5 Å². The second kappa shape index (κ2) is 9.75. The van der Waals surface area contributed by atoms with Crippen molar-refractivity contribution >= 4 is 23.5 Å². The molecule has 2 aromatic heterocycles. The van der Waals surface area contributed by atoms with Crippen LogP contribution in [0.2, 0.25) is 0 Å². The molecule has 0 bridgehead atoms. The molecule has 0 atom stereocenters. The molecule has 3 aromatic rings. The second-order valence-electron chi connectivity index (χ2n) is 8.01. The van der Waals surface area contributed by atoms with Crippen LogP contribution in [0.1, 0.15) is 43.5 Å². The Kier molecular flexibility index (Phi) is 6.82. The third-order valence-electron chi connectivity index (χ3n) is 5.32. The van der Waals surface area contributed by atoms with Gasteiger partial charge in [-0.2, -0.15) is 26.3 Å². The van der Waals surface area contributed by atoms with Gasteiger partial charge in [0.25, 0.3) is 11.8 Å². The Bertz CT molecular complexity index is 1410. The van der Waals surface area contributed by atoms with Crippen molar-refractivity contribution in [2.24, 2.45) is 0 Å². The van der Waals surface area contributed by atoms with Gasteiger partial charge in [0.1, 0.15) is 18.1 Å². The zero-order valence-electron chi connectivity index (χ0n) is 18.8. The minimum Gasteiger partial charge on any atom is -0.349 e. The molecule has 0 spiro atoms. The highest BCUT2D eigenvalue weighted by atomic mass is 19.4. The predicted molar refractivity (Wildman–Crippen MR) is 114 cm³/mol. The maximum absolute atomic E-state index is 13.7. The Morgan fingerprint density at radius 3 is 2.39 bits per heavy atom. The summed E-state index contributed by atoms with van der Waals surface area (Å²) in [6.45, 7) is -0.848. The molecule has 16 heteroatoms. The van der Waals surface area contributed by atoms with Crippen molar-refractivity contribution in [1.82, 2.24) is 25.2 Å². The molecule has 3 N–H and O–H groups in total. The number of nitrogens with one attached hydrogen (secondary N) is 3. The number of alkyl halides is 6. The summed E-state index contributed by atoms with van der Waals surface area (Å²) >= 11 is 0. The van der Waals surface area contributed by atoms with Gasteiger partial charge in [0, 0.05) is 18.3 Å². The van der Waals surface area contributed by atoms with E-state index in [0.29, 0.717) is 12.1 Å². The number of pyridine rings is 1. The van der Waals surface area contributed by atoms with Gasteiger partial charge < -0.3 is 20.5 Å². The summed E-state index contributed by atoms with van der Waals surface area (Å²) in [5, 5.41) is 7.10.